The van der Waals surface area contributed by atoms with E-state index >= 15 is 0 Å². The van der Waals surface area contributed by atoms with Gasteiger partial charge in [-0.2, -0.15) is 0 Å². The first-order chi connectivity index (χ1) is 6.16. The van der Waals surface area contributed by atoms with Crippen molar-refractivity contribution in [2.75, 3.05) is 13.4 Å². The second-order valence-electron chi connectivity index (χ2n) is 4.62. The fraction of sp³-hybridized carbons (Fsp3) is 0.818. The molecule has 1 spiro atoms. The highest BCUT2D eigenvalue weighted by Crippen LogP contribution is 2.46. The maximum Gasteiger partial charge on any atom is 0.147 e. The van der Waals surface area contributed by atoms with Crippen molar-refractivity contribution in [3.8, 4) is 0 Å². The third-order valence-electron chi connectivity index (χ3n) is 3.62. The summed E-state index contributed by atoms with van der Waals surface area (Å²) in [6.45, 7) is 5.69. The van der Waals surface area contributed by atoms with Crippen molar-refractivity contribution in [2.24, 2.45) is 5.41 Å². The molecule has 0 radical (unpaired) electrons. The van der Waals surface area contributed by atoms with Gasteiger partial charge in [-0.3, -0.25) is 0 Å². The van der Waals surface area contributed by atoms with E-state index in [1.54, 1.807) is 0 Å². The van der Waals surface area contributed by atoms with Gasteiger partial charge in [-0.15, -0.1) is 0 Å². The molecule has 0 aromatic carbocycles. The van der Waals surface area contributed by atoms with Gasteiger partial charge < -0.3 is 9.47 Å². The van der Waals surface area contributed by atoms with Crippen LogP contribution >= 0.6 is 0 Å². The molecule has 0 saturated carbocycles. The normalized spacial score (nSPS) is 38.0. The monoisotopic (exact) mass is 182 g/mol. The average Bonchev–Trinajstić information content (AvgIpc) is 2.12. The molecule has 1 aliphatic heterocycles. The molecule has 1 aliphatic carbocycles. The fourth-order valence-electron chi connectivity index (χ4n) is 2.32. The molecule has 0 bridgehead atoms. The number of hydrogen-bond donors (Lipinski definition) is 0. The SMILES string of the molecule is CC1(C)OCOCC12CC=CCC2. The summed E-state index contributed by atoms with van der Waals surface area (Å²) in [6, 6.07) is 0. The summed E-state index contributed by atoms with van der Waals surface area (Å²) in [7, 11) is 0. The lowest BCUT2D eigenvalue weighted by Gasteiger charge is -2.50. The quantitative estimate of drug-likeness (QED) is 0.536. The first kappa shape index (κ1) is 9.22. The van der Waals surface area contributed by atoms with Crippen molar-refractivity contribution < 1.29 is 9.47 Å². The van der Waals surface area contributed by atoms with Gasteiger partial charge in [0.25, 0.3) is 0 Å². The molecule has 2 aliphatic rings. The number of ether oxygens (including phenoxy) is 2. The van der Waals surface area contributed by atoms with E-state index in [0.29, 0.717) is 6.79 Å². The molecule has 0 amide bonds. The second kappa shape index (κ2) is 3.10. The summed E-state index contributed by atoms with van der Waals surface area (Å²) in [6.07, 6.45) is 7.98. The minimum absolute atomic E-state index is 0.0317. The van der Waals surface area contributed by atoms with Gasteiger partial charge >= 0.3 is 0 Å². The minimum Gasteiger partial charge on any atom is -0.355 e. The van der Waals surface area contributed by atoms with Crippen LogP contribution in [-0.2, 0) is 9.47 Å². The largest absolute Gasteiger partial charge is 0.355 e. The van der Waals surface area contributed by atoms with Gasteiger partial charge in [0.1, 0.15) is 6.79 Å². The summed E-state index contributed by atoms with van der Waals surface area (Å²) < 4.78 is 11.1. The van der Waals surface area contributed by atoms with Crippen LogP contribution < -0.4 is 0 Å². The highest BCUT2D eigenvalue weighted by atomic mass is 16.7. The van der Waals surface area contributed by atoms with Gasteiger partial charge in [0.15, 0.2) is 0 Å². The summed E-state index contributed by atoms with van der Waals surface area (Å²) in [5.41, 5.74) is 0.190. The van der Waals surface area contributed by atoms with Crippen LogP contribution in [0.2, 0.25) is 0 Å². The van der Waals surface area contributed by atoms with Crippen LogP contribution in [0.1, 0.15) is 33.1 Å². The van der Waals surface area contributed by atoms with Gasteiger partial charge in [-0.1, -0.05) is 12.2 Å². The van der Waals surface area contributed by atoms with E-state index in [0.717, 1.165) is 19.4 Å². The molecule has 74 valence electrons. The second-order valence-corrected chi connectivity index (χ2v) is 4.62. The molecule has 2 rings (SSSR count). The van der Waals surface area contributed by atoms with Crippen LogP contribution in [0.5, 0.6) is 0 Å². The lowest BCUT2D eigenvalue weighted by Crippen LogP contribution is -2.53. The molecular formula is C11H18O2. The van der Waals surface area contributed by atoms with E-state index < -0.39 is 0 Å². The van der Waals surface area contributed by atoms with Gasteiger partial charge in [-0.05, 0) is 33.1 Å². The lowest BCUT2D eigenvalue weighted by atomic mass is 9.66. The minimum atomic E-state index is -0.0317. The van der Waals surface area contributed by atoms with Gasteiger partial charge in [0, 0.05) is 5.41 Å². The highest BCUT2D eigenvalue weighted by Gasteiger charge is 2.48. The molecule has 1 saturated heterocycles. The predicted molar refractivity (Wildman–Crippen MR) is 51.4 cm³/mol. The summed E-state index contributed by atoms with van der Waals surface area (Å²) in [5.74, 6) is 0. The Kier molecular flexibility index (Phi) is 2.20. The van der Waals surface area contributed by atoms with Crippen molar-refractivity contribution in [3.05, 3.63) is 12.2 Å². The maximum absolute atomic E-state index is 5.70. The third kappa shape index (κ3) is 1.42. The summed E-state index contributed by atoms with van der Waals surface area (Å²) in [4.78, 5) is 0. The van der Waals surface area contributed by atoms with E-state index in [9.17, 15) is 0 Å². The molecule has 1 fully saturated rings. The molecule has 13 heavy (non-hydrogen) atoms. The van der Waals surface area contributed by atoms with Crippen molar-refractivity contribution >= 4 is 0 Å². The van der Waals surface area contributed by atoms with Crippen molar-refractivity contribution in [2.45, 2.75) is 38.7 Å². The fourth-order valence-corrected chi connectivity index (χ4v) is 2.32. The van der Waals surface area contributed by atoms with Crippen LogP contribution in [-0.4, -0.2) is 19.0 Å². The first-order valence-corrected chi connectivity index (χ1v) is 5.03. The molecule has 1 atom stereocenters. The van der Waals surface area contributed by atoms with Crippen molar-refractivity contribution in [1.29, 1.82) is 0 Å². The number of rotatable bonds is 0. The maximum atomic E-state index is 5.70. The Morgan fingerprint density at radius 1 is 1.23 bits per heavy atom. The van der Waals surface area contributed by atoms with E-state index in [1.165, 1.54) is 6.42 Å². The summed E-state index contributed by atoms with van der Waals surface area (Å²) in [5, 5.41) is 0. The van der Waals surface area contributed by atoms with Crippen molar-refractivity contribution in [3.63, 3.8) is 0 Å². The van der Waals surface area contributed by atoms with Crippen LogP contribution in [0.3, 0.4) is 0 Å². The average molecular weight is 182 g/mol. The van der Waals surface area contributed by atoms with Crippen LogP contribution in [0.25, 0.3) is 0 Å². The topological polar surface area (TPSA) is 18.5 Å². The lowest BCUT2D eigenvalue weighted by molar-refractivity contribution is -0.254. The third-order valence-corrected chi connectivity index (χ3v) is 3.62. The zero-order valence-electron chi connectivity index (χ0n) is 8.51. The molecule has 1 unspecified atom stereocenters. The zero-order valence-corrected chi connectivity index (χ0v) is 8.51. The number of hydrogen-bond acceptors (Lipinski definition) is 2. The van der Waals surface area contributed by atoms with Crippen LogP contribution in [0, 0.1) is 5.41 Å². The molecule has 0 aromatic heterocycles. The molecule has 0 aromatic rings. The Morgan fingerprint density at radius 3 is 2.69 bits per heavy atom. The zero-order chi connectivity index (χ0) is 9.36. The Labute approximate surface area is 79.9 Å². The Morgan fingerprint density at radius 2 is 2.08 bits per heavy atom. The molecular weight excluding hydrogens is 164 g/mol. The van der Waals surface area contributed by atoms with Crippen molar-refractivity contribution in [1.82, 2.24) is 0 Å². The van der Waals surface area contributed by atoms with Crippen LogP contribution in [0.4, 0.5) is 0 Å². The van der Waals surface area contributed by atoms with Gasteiger partial charge in [0.2, 0.25) is 0 Å². The first-order valence-electron chi connectivity index (χ1n) is 5.03. The summed E-state index contributed by atoms with van der Waals surface area (Å²) >= 11 is 0. The predicted octanol–water partition coefficient (Wildman–Crippen LogP) is 2.50. The molecule has 2 heteroatoms. The van der Waals surface area contributed by atoms with Gasteiger partial charge in [0.05, 0.1) is 12.2 Å². The Bertz CT molecular complexity index is 220. The van der Waals surface area contributed by atoms with E-state index in [1.807, 2.05) is 0 Å². The van der Waals surface area contributed by atoms with Gasteiger partial charge in [-0.25, -0.2) is 0 Å². The van der Waals surface area contributed by atoms with E-state index in [4.69, 9.17) is 9.47 Å². The highest BCUT2D eigenvalue weighted by molar-refractivity contribution is 5.05. The molecule has 2 nitrogen and oxygen atoms in total. The smallest absolute Gasteiger partial charge is 0.147 e. The van der Waals surface area contributed by atoms with E-state index in [-0.39, 0.29) is 11.0 Å². The number of allylic oxidation sites excluding steroid dienone is 2. The van der Waals surface area contributed by atoms with E-state index in [2.05, 4.69) is 26.0 Å². The molecule has 0 N–H and O–H groups in total. The Hall–Kier alpha value is -0.340. The Balaban J connectivity index is 2.22. The molecule has 1 heterocycles. The van der Waals surface area contributed by atoms with Crippen LogP contribution in [0.15, 0.2) is 12.2 Å². The standard InChI is InChI=1S/C11H18O2/c1-10(2)11(8-12-9-13-10)6-4-3-5-7-11/h3-4H,5-9H2,1-2H3.